The minimum atomic E-state index is 0.882. The van der Waals surface area contributed by atoms with Crippen molar-refractivity contribution in [2.24, 2.45) is 23.7 Å². The first-order valence-electron chi connectivity index (χ1n) is 7.95. The van der Waals surface area contributed by atoms with Crippen LogP contribution in [0, 0.1) is 23.7 Å². The topological polar surface area (TPSA) is 0 Å². The molecule has 2 aromatic rings. The lowest BCUT2D eigenvalue weighted by atomic mass is 9.79. The molecule has 0 bridgehead atoms. The molecular formula is C18H22S2. The van der Waals surface area contributed by atoms with Crippen LogP contribution in [0.15, 0.2) is 35.0 Å². The molecule has 0 nitrogen and oxygen atoms in total. The van der Waals surface area contributed by atoms with Gasteiger partial charge in [-0.05, 0) is 85.1 Å². The third-order valence-corrected chi connectivity index (χ3v) is 6.76. The molecule has 0 amide bonds. The van der Waals surface area contributed by atoms with Gasteiger partial charge >= 0.3 is 0 Å². The van der Waals surface area contributed by atoms with Crippen molar-refractivity contribution in [3.05, 3.63) is 44.8 Å². The molecule has 2 aromatic heterocycles. The molecule has 2 heteroatoms. The van der Waals surface area contributed by atoms with Crippen LogP contribution >= 0.6 is 22.7 Å². The molecule has 0 aliphatic heterocycles. The molecule has 0 radical (unpaired) electrons. The van der Waals surface area contributed by atoms with E-state index in [2.05, 4.69) is 35.0 Å². The summed E-state index contributed by atoms with van der Waals surface area (Å²) in [6.07, 6.45) is 8.65. The Balaban J connectivity index is 1.54. The van der Waals surface area contributed by atoms with Crippen molar-refractivity contribution in [2.75, 3.05) is 0 Å². The molecule has 2 heterocycles. The van der Waals surface area contributed by atoms with Gasteiger partial charge in [0.2, 0.25) is 0 Å². The highest BCUT2D eigenvalue weighted by Gasteiger charge is 2.45. The van der Waals surface area contributed by atoms with Crippen LogP contribution in [0.1, 0.15) is 35.4 Å². The Kier molecular flexibility index (Phi) is 3.70. The molecule has 20 heavy (non-hydrogen) atoms. The van der Waals surface area contributed by atoms with E-state index >= 15 is 0 Å². The Labute approximate surface area is 129 Å². The summed E-state index contributed by atoms with van der Waals surface area (Å²) in [5.41, 5.74) is 0. The Morgan fingerprint density at radius 1 is 0.850 bits per heavy atom. The minimum Gasteiger partial charge on any atom is -0.149 e. The molecule has 2 aliphatic carbocycles. The van der Waals surface area contributed by atoms with Gasteiger partial charge in [-0.2, -0.15) is 0 Å². The van der Waals surface area contributed by atoms with Crippen LogP contribution in [0.25, 0.3) is 0 Å². The SMILES string of the molecule is c1csc(CC(Cc2cccs2)C(C2CC2)C2CC2)c1. The largest absolute Gasteiger partial charge is 0.149 e. The average Bonchev–Trinajstić information content (AvgIpc) is 3.35. The van der Waals surface area contributed by atoms with Gasteiger partial charge in [0.1, 0.15) is 0 Å². The second-order valence-electron chi connectivity index (χ2n) is 6.58. The van der Waals surface area contributed by atoms with Gasteiger partial charge in [-0.15, -0.1) is 22.7 Å². The summed E-state index contributed by atoms with van der Waals surface area (Å²) >= 11 is 3.90. The Hall–Kier alpha value is -0.600. The van der Waals surface area contributed by atoms with Crippen molar-refractivity contribution >= 4 is 22.7 Å². The van der Waals surface area contributed by atoms with Crippen LogP contribution < -0.4 is 0 Å². The molecule has 4 rings (SSSR count). The fraction of sp³-hybridized carbons (Fsp3) is 0.556. The molecule has 0 N–H and O–H groups in total. The van der Waals surface area contributed by atoms with Gasteiger partial charge in [0, 0.05) is 9.75 Å². The minimum absolute atomic E-state index is 0.882. The Bertz CT molecular complexity index is 470. The first-order valence-corrected chi connectivity index (χ1v) is 9.71. The molecule has 0 saturated heterocycles. The Morgan fingerprint density at radius 3 is 1.70 bits per heavy atom. The van der Waals surface area contributed by atoms with Crippen LogP contribution in [-0.4, -0.2) is 0 Å². The van der Waals surface area contributed by atoms with Gasteiger partial charge in [0.05, 0.1) is 0 Å². The lowest BCUT2D eigenvalue weighted by Gasteiger charge is -2.27. The molecule has 0 atom stereocenters. The summed E-state index contributed by atoms with van der Waals surface area (Å²) in [4.78, 5) is 3.19. The van der Waals surface area contributed by atoms with Crippen LogP contribution in [-0.2, 0) is 12.8 Å². The molecular weight excluding hydrogens is 280 g/mol. The van der Waals surface area contributed by atoms with E-state index in [0.717, 1.165) is 23.7 Å². The maximum atomic E-state index is 2.34. The lowest BCUT2D eigenvalue weighted by molar-refractivity contribution is 0.258. The number of hydrogen-bond donors (Lipinski definition) is 0. The first kappa shape index (κ1) is 13.1. The highest BCUT2D eigenvalue weighted by Crippen LogP contribution is 2.53. The van der Waals surface area contributed by atoms with E-state index in [9.17, 15) is 0 Å². The molecule has 0 unspecified atom stereocenters. The number of thiophene rings is 2. The summed E-state index contributed by atoms with van der Waals surface area (Å²) in [5.74, 6) is 4.02. The third kappa shape index (κ3) is 3.01. The van der Waals surface area contributed by atoms with Crippen molar-refractivity contribution in [3.63, 3.8) is 0 Å². The van der Waals surface area contributed by atoms with Gasteiger partial charge in [-0.3, -0.25) is 0 Å². The van der Waals surface area contributed by atoms with Gasteiger partial charge in [0.15, 0.2) is 0 Å². The average molecular weight is 303 g/mol. The molecule has 2 saturated carbocycles. The lowest BCUT2D eigenvalue weighted by Crippen LogP contribution is -2.23. The third-order valence-electron chi connectivity index (χ3n) is 4.96. The van der Waals surface area contributed by atoms with Crippen LogP contribution in [0.3, 0.4) is 0 Å². The van der Waals surface area contributed by atoms with E-state index in [0.29, 0.717) is 0 Å². The molecule has 0 spiro atoms. The summed E-state index contributed by atoms with van der Waals surface area (Å²) < 4.78 is 0. The van der Waals surface area contributed by atoms with Crippen molar-refractivity contribution in [2.45, 2.75) is 38.5 Å². The maximum absolute atomic E-state index is 2.34. The second kappa shape index (κ2) is 5.65. The molecule has 0 aromatic carbocycles. The summed E-state index contributed by atoms with van der Waals surface area (Å²) in [7, 11) is 0. The normalized spacial score (nSPS) is 19.1. The summed E-state index contributed by atoms with van der Waals surface area (Å²) in [6.45, 7) is 0. The highest BCUT2D eigenvalue weighted by molar-refractivity contribution is 7.10. The second-order valence-corrected chi connectivity index (χ2v) is 8.64. The number of rotatable bonds is 7. The fourth-order valence-corrected chi connectivity index (χ4v) is 5.43. The van der Waals surface area contributed by atoms with Crippen LogP contribution in [0.2, 0.25) is 0 Å². The number of hydrogen-bond acceptors (Lipinski definition) is 2. The van der Waals surface area contributed by atoms with Crippen LogP contribution in [0.4, 0.5) is 0 Å². The first-order chi connectivity index (χ1) is 9.90. The van der Waals surface area contributed by atoms with Crippen molar-refractivity contribution in [3.8, 4) is 0 Å². The van der Waals surface area contributed by atoms with Crippen molar-refractivity contribution < 1.29 is 0 Å². The van der Waals surface area contributed by atoms with Gasteiger partial charge < -0.3 is 0 Å². The van der Waals surface area contributed by atoms with Gasteiger partial charge in [0.25, 0.3) is 0 Å². The quantitative estimate of drug-likeness (QED) is 0.620. The smallest absolute Gasteiger partial charge is 0.00482 e. The van der Waals surface area contributed by atoms with E-state index in [1.54, 1.807) is 9.75 Å². The van der Waals surface area contributed by atoms with E-state index in [4.69, 9.17) is 0 Å². The molecule has 106 valence electrons. The van der Waals surface area contributed by atoms with Crippen molar-refractivity contribution in [1.82, 2.24) is 0 Å². The standard InChI is InChI=1S/C18H22S2/c1-3-16(19-9-1)11-15(12-17-4-2-10-20-17)18(13-5-6-13)14-7-8-14/h1-4,9-10,13-15,18H,5-8,11-12H2. The van der Waals surface area contributed by atoms with E-state index in [-0.39, 0.29) is 0 Å². The van der Waals surface area contributed by atoms with E-state index < -0.39 is 0 Å². The predicted octanol–water partition coefficient (Wildman–Crippen LogP) is 5.65. The maximum Gasteiger partial charge on any atom is 0.00482 e. The zero-order valence-electron chi connectivity index (χ0n) is 11.8. The predicted molar refractivity (Wildman–Crippen MR) is 88.5 cm³/mol. The molecule has 2 aliphatic rings. The van der Waals surface area contributed by atoms with Gasteiger partial charge in [-0.1, -0.05) is 12.1 Å². The summed E-state index contributed by atoms with van der Waals surface area (Å²) in [6, 6.07) is 9.10. The van der Waals surface area contributed by atoms with E-state index in [1.165, 1.54) is 38.5 Å². The van der Waals surface area contributed by atoms with Crippen molar-refractivity contribution in [1.29, 1.82) is 0 Å². The monoisotopic (exact) mass is 302 g/mol. The highest BCUT2D eigenvalue weighted by atomic mass is 32.1. The summed E-state index contributed by atoms with van der Waals surface area (Å²) in [5, 5.41) is 4.47. The van der Waals surface area contributed by atoms with E-state index in [1.807, 2.05) is 22.7 Å². The molecule has 2 fully saturated rings. The van der Waals surface area contributed by atoms with Gasteiger partial charge in [-0.25, -0.2) is 0 Å². The Morgan fingerprint density at radius 2 is 1.35 bits per heavy atom. The zero-order valence-corrected chi connectivity index (χ0v) is 13.5. The fourth-order valence-electron chi connectivity index (χ4n) is 3.84. The van der Waals surface area contributed by atoms with Crippen LogP contribution in [0.5, 0.6) is 0 Å². The zero-order chi connectivity index (χ0) is 13.4.